The molecule has 0 spiro atoms. The molecule has 0 heterocycles. The van der Waals surface area contributed by atoms with Gasteiger partial charge < -0.3 is 10.1 Å². The molecular weight excluding hydrogens is 371 g/mol. The van der Waals surface area contributed by atoms with Crippen molar-refractivity contribution < 1.29 is 9.53 Å². The van der Waals surface area contributed by atoms with Gasteiger partial charge in [0.25, 0.3) is 5.91 Å². The first kappa shape index (κ1) is 19.8. The molecule has 0 aromatic heterocycles. The lowest BCUT2D eigenvalue weighted by Crippen LogP contribution is -2.14. The van der Waals surface area contributed by atoms with Crippen LogP contribution in [0.15, 0.2) is 42.0 Å². The molecule has 2 aromatic rings. The summed E-state index contributed by atoms with van der Waals surface area (Å²) in [7, 11) is 0. The topological polar surface area (TPSA) is 62.1 Å². The first-order chi connectivity index (χ1) is 12.5. The Balaban J connectivity index is 2.21. The number of amides is 1. The highest BCUT2D eigenvalue weighted by Gasteiger charge is 2.12. The SMILES string of the molecule is CCCOc1ccc(/C=C(\C#N)C(=O)Nc2cccc(Cl)c2C)cc1Cl. The van der Waals surface area contributed by atoms with Crippen LogP contribution in [0.1, 0.15) is 24.5 Å². The monoisotopic (exact) mass is 388 g/mol. The number of carbonyl (C=O) groups excluding carboxylic acids is 1. The van der Waals surface area contributed by atoms with Gasteiger partial charge in [-0.3, -0.25) is 4.79 Å². The Labute approximate surface area is 163 Å². The molecule has 26 heavy (non-hydrogen) atoms. The molecule has 1 amide bonds. The third-order valence-electron chi connectivity index (χ3n) is 3.61. The van der Waals surface area contributed by atoms with Crippen LogP contribution < -0.4 is 10.1 Å². The second kappa shape index (κ2) is 9.28. The number of anilines is 1. The van der Waals surface area contributed by atoms with Gasteiger partial charge in [-0.15, -0.1) is 0 Å². The second-order valence-electron chi connectivity index (χ2n) is 5.57. The third kappa shape index (κ3) is 5.01. The van der Waals surface area contributed by atoms with Crippen LogP contribution in [0.25, 0.3) is 6.08 Å². The summed E-state index contributed by atoms with van der Waals surface area (Å²) in [4.78, 5) is 12.4. The van der Waals surface area contributed by atoms with Gasteiger partial charge in [-0.25, -0.2) is 0 Å². The van der Waals surface area contributed by atoms with Crippen molar-refractivity contribution in [2.75, 3.05) is 11.9 Å². The molecule has 1 N–H and O–H groups in total. The summed E-state index contributed by atoms with van der Waals surface area (Å²) in [5, 5.41) is 13.0. The summed E-state index contributed by atoms with van der Waals surface area (Å²) in [5.74, 6) is 0.0588. The van der Waals surface area contributed by atoms with Crippen molar-refractivity contribution in [1.29, 1.82) is 5.26 Å². The number of hydrogen-bond acceptors (Lipinski definition) is 3. The second-order valence-corrected chi connectivity index (χ2v) is 6.39. The van der Waals surface area contributed by atoms with Gasteiger partial charge in [0, 0.05) is 10.7 Å². The Morgan fingerprint density at radius 1 is 1.27 bits per heavy atom. The molecule has 0 saturated heterocycles. The van der Waals surface area contributed by atoms with Gasteiger partial charge in [-0.1, -0.05) is 42.3 Å². The van der Waals surface area contributed by atoms with E-state index in [1.54, 1.807) is 43.3 Å². The number of halogens is 2. The van der Waals surface area contributed by atoms with E-state index in [1.807, 2.05) is 13.0 Å². The van der Waals surface area contributed by atoms with Crippen LogP contribution in [0, 0.1) is 18.3 Å². The molecule has 2 rings (SSSR count). The Morgan fingerprint density at radius 2 is 2.04 bits per heavy atom. The molecule has 0 aliphatic carbocycles. The zero-order valence-electron chi connectivity index (χ0n) is 14.5. The van der Waals surface area contributed by atoms with E-state index >= 15 is 0 Å². The number of carbonyl (C=O) groups is 1. The summed E-state index contributed by atoms with van der Waals surface area (Å²) in [6, 6.07) is 12.2. The molecule has 2 aromatic carbocycles. The quantitative estimate of drug-likeness (QED) is 0.514. The molecule has 0 fully saturated rings. The molecule has 0 bridgehead atoms. The third-order valence-corrected chi connectivity index (χ3v) is 4.31. The van der Waals surface area contributed by atoms with Gasteiger partial charge >= 0.3 is 0 Å². The maximum Gasteiger partial charge on any atom is 0.266 e. The Hall–Kier alpha value is -2.48. The van der Waals surface area contributed by atoms with Gasteiger partial charge in [-0.05, 0) is 54.8 Å². The number of nitrogens with one attached hydrogen (secondary N) is 1. The number of nitrogens with zero attached hydrogens (tertiary/aromatic N) is 1. The minimum Gasteiger partial charge on any atom is -0.492 e. The van der Waals surface area contributed by atoms with Crippen LogP contribution >= 0.6 is 23.2 Å². The Bertz CT molecular complexity index is 886. The highest BCUT2D eigenvalue weighted by molar-refractivity contribution is 6.32. The number of rotatable bonds is 6. The van der Waals surface area contributed by atoms with Crippen molar-refractivity contribution in [3.05, 3.63) is 63.1 Å². The molecule has 0 atom stereocenters. The van der Waals surface area contributed by atoms with Crippen LogP contribution in [0.5, 0.6) is 5.75 Å². The van der Waals surface area contributed by atoms with Crippen LogP contribution in [-0.2, 0) is 4.79 Å². The highest BCUT2D eigenvalue weighted by atomic mass is 35.5. The lowest BCUT2D eigenvalue weighted by Gasteiger charge is -2.09. The fourth-order valence-electron chi connectivity index (χ4n) is 2.18. The van der Waals surface area contributed by atoms with Crippen molar-refractivity contribution in [3.63, 3.8) is 0 Å². The smallest absolute Gasteiger partial charge is 0.266 e. The fourth-order valence-corrected chi connectivity index (χ4v) is 2.60. The lowest BCUT2D eigenvalue weighted by molar-refractivity contribution is -0.112. The van der Waals surface area contributed by atoms with E-state index in [2.05, 4.69) is 5.32 Å². The normalized spacial score (nSPS) is 11.0. The largest absolute Gasteiger partial charge is 0.492 e. The highest BCUT2D eigenvalue weighted by Crippen LogP contribution is 2.27. The summed E-state index contributed by atoms with van der Waals surface area (Å²) >= 11 is 12.2. The van der Waals surface area contributed by atoms with Gasteiger partial charge in [0.15, 0.2) is 0 Å². The fraction of sp³-hybridized carbons (Fsp3) is 0.200. The van der Waals surface area contributed by atoms with Crippen molar-refractivity contribution in [3.8, 4) is 11.8 Å². The van der Waals surface area contributed by atoms with Crippen molar-refractivity contribution >= 4 is 40.9 Å². The molecule has 6 heteroatoms. The lowest BCUT2D eigenvalue weighted by atomic mass is 10.1. The van der Waals surface area contributed by atoms with Gasteiger partial charge in [0.2, 0.25) is 0 Å². The van der Waals surface area contributed by atoms with Crippen molar-refractivity contribution in [2.45, 2.75) is 20.3 Å². The summed E-state index contributed by atoms with van der Waals surface area (Å²) in [6.07, 6.45) is 2.35. The number of nitriles is 1. The summed E-state index contributed by atoms with van der Waals surface area (Å²) in [5.41, 5.74) is 1.89. The molecule has 0 unspecified atom stereocenters. The standard InChI is InChI=1S/C20H18Cl2N2O2/c1-3-9-26-19-8-7-14(11-17(19)22)10-15(12-23)20(25)24-18-6-4-5-16(21)13(18)2/h4-8,10-11H,3,9H2,1-2H3,(H,24,25)/b15-10+. The zero-order valence-corrected chi connectivity index (χ0v) is 16.0. The van der Waals surface area contributed by atoms with E-state index in [1.165, 1.54) is 6.08 Å². The predicted molar refractivity (Wildman–Crippen MR) is 106 cm³/mol. The molecule has 0 saturated carbocycles. The molecular formula is C20H18Cl2N2O2. The first-order valence-electron chi connectivity index (χ1n) is 8.07. The van der Waals surface area contributed by atoms with E-state index < -0.39 is 5.91 Å². The van der Waals surface area contributed by atoms with E-state index in [0.717, 1.165) is 12.0 Å². The first-order valence-corrected chi connectivity index (χ1v) is 8.82. The van der Waals surface area contributed by atoms with Crippen LogP contribution in [0.4, 0.5) is 5.69 Å². The van der Waals surface area contributed by atoms with E-state index in [9.17, 15) is 10.1 Å². The van der Waals surface area contributed by atoms with E-state index in [-0.39, 0.29) is 5.57 Å². The van der Waals surface area contributed by atoms with Crippen molar-refractivity contribution in [2.24, 2.45) is 0 Å². The number of ether oxygens (including phenoxy) is 1. The van der Waals surface area contributed by atoms with Crippen LogP contribution in [-0.4, -0.2) is 12.5 Å². The summed E-state index contributed by atoms with van der Waals surface area (Å²) in [6.45, 7) is 4.37. The maximum atomic E-state index is 12.4. The Kier molecular flexibility index (Phi) is 7.08. The molecule has 0 aliphatic heterocycles. The molecule has 0 radical (unpaired) electrons. The van der Waals surface area contributed by atoms with Crippen molar-refractivity contribution in [1.82, 2.24) is 0 Å². The molecule has 4 nitrogen and oxygen atoms in total. The van der Waals surface area contributed by atoms with Gasteiger partial charge in [-0.2, -0.15) is 5.26 Å². The average molecular weight is 389 g/mol. The van der Waals surface area contributed by atoms with E-state index in [0.29, 0.717) is 33.7 Å². The average Bonchev–Trinajstić information content (AvgIpc) is 2.62. The number of hydrogen-bond donors (Lipinski definition) is 1. The van der Waals surface area contributed by atoms with Crippen LogP contribution in [0.2, 0.25) is 10.0 Å². The van der Waals surface area contributed by atoms with E-state index in [4.69, 9.17) is 27.9 Å². The zero-order chi connectivity index (χ0) is 19.1. The minimum atomic E-state index is -0.514. The predicted octanol–water partition coefficient (Wildman–Crippen LogP) is 5.64. The Morgan fingerprint density at radius 3 is 2.69 bits per heavy atom. The van der Waals surface area contributed by atoms with Gasteiger partial charge in [0.1, 0.15) is 17.4 Å². The van der Waals surface area contributed by atoms with Gasteiger partial charge in [0.05, 0.1) is 11.6 Å². The number of benzene rings is 2. The molecule has 134 valence electrons. The van der Waals surface area contributed by atoms with Crippen LogP contribution in [0.3, 0.4) is 0 Å². The molecule has 0 aliphatic rings. The maximum absolute atomic E-state index is 12.4. The summed E-state index contributed by atoms with van der Waals surface area (Å²) < 4.78 is 5.51. The minimum absolute atomic E-state index is 0.0392.